The second-order valence-corrected chi connectivity index (χ2v) is 7.01. The van der Waals surface area contributed by atoms with E-state index in [9.17, 15) is 14.4 Å². The zero-order valence-electron chi connectivity index (χ0n) is 15.8. The fourth-order valence-corrected chi connectivity index (χ4v) is 2.60. The molecule has 8 nitrogen and oxygen atoms in total. The Hall–Kier alpha value is -3.34. The van der Waals surface area contributed by atoms with Gasteiger partial charge in [0, 0.05) is 25.2 Å². The number of carbonyl (C=O) groups excluding carboxylic acids is 3. The van der Waals surface area contributed by atoms with Gasteiger partial charge in [-0.2, -0.15) is 5.26 Å². The van der Waals surface area contributed by atoms with Crippen molar-refractivity contribution in [3.63, 3.8) is 0 Å². The SMILES string of the molecule is CN(C#N)C(=O)N(CCc1cn(C=O)c2ccccc12)C(=O)OC(C)(C)C. The largest absolute Gasteiger partial charge is 0.443 e. The van der Waals surface area contributed by atoms with E-state index in [0.29, 0.717) is 12.8 Å². The van der Waals surface area contributed by atoms with Crippen molar-refractivity contribution < 1.29 is 19.1 Å². The molecule has 0 saturated heterocycles. The van der Waals surface area contributed by atoms with Crippen LogP contribution in [0.25, 0.3) is 10.9 Å². The summed E-state index contributed by atoms with van der Waals surface area (Å²) < 4.78 is 6.74. The molecule has 0 aliphatic rings. The van der Waals surface area contributed by atoms with E-state index in [0.717, 1.165) is 26.3 Å². The smallest absolute Gasteiger partial charge is 0.418 e. The van der Waals surface area contributed by atoms with Crippen LogP contribution in [0, 0.1) is 11.5 Å². The first kappa shape index (κ1) is 20.0. The van der Waals surface area contributed by atoms with E-state index in [1.807, 2.05) is 24.3 Å². The summed E-state index contributed by atoms with van der Waals surface area (Å²) in [6.45, 7) is 5.09. The van der Waals surface area contributed by atoms with Crippen molar-refractivity contribution in [2.24, 2.45) is 0 Å². The fourth-order valence-electron chi connectivity index (χ4n) is 2.60. The molecule has 0 atom stereocenters. The first-order valence-corrected chi connectivity index (χ1v) is 8.39. The molecule has 0 spiro atoms. The highest BCUT2D eigenvalue weighted by Gasteiger charge is 2.29. The van der Waals surface area contributed by atoms with E-state index in [4.69, 9.17) is 10.00 Å². The van der Waals surface area contributed by atoms with Crippen LogP contribution >= 0.6 is 0 Å². The van der Waals surface area contributed by atoms with Gasteiger partial charge in [0.25, 0.3) is 0 Å². The lowest BCUT2D eigenvalue weighted by Gasteiger charge is -2.27. The third kappa shape index (κ3) is 4.64. The van der Waals surface area contributed by atoms with E-state index in [1.165, 1.54) is 11.6 Å². The maximum Gasteiger partial charge on any atom is 0.418 e. The van der Waals surface area contributed by atoms with Crippen LogP contribution in [0.15, 0.2) is 30.5 Å². The molecule has 1 aromatic carbocycles. The van der Waals surface area contributed by atoms with Gasteiger partial charge in [0.2, 0.25) is 6.41 Å². The lowest BCUT2D eigenvalue weighted by molar-refractivity contribution is 0.0306. The van der Waals surface area contributed by atoms with Crippen molar-refractivity contribution in [2.45, 2.75) is 32.8 Å². The summed E-state index contributed by atoms with van der Waals surface area (Å²) in [5.74, 6) is 0. The van der Waals surface area contributed by atoms with Gasteiger partial charge in [-0.15, -0.1) is 0 Å². The highest BCUT2D eigenvalue weighted by atomic mass is 16.6. The first-order chi connectivity index (χ1) is 12.7. The predicted molar refractivity (Wildman–Crippen MR) is 99.5 cm³/mol. The predicted octanol–water partition coefficient (Wildman–Crippen LogP) is 2.99. The van der Waals surface area contributed by atoms with Crippen LogP contribution in [0.2, 0.25) is 0 Å². The van der Waals surface area contributed by atoms with Gasteiger partial charge in [-0.25, -0.2) is 19.4 Å². The molecule has 0 aliphatic heterocycles. The van der Waals surface area contributed by atoms with Gasteiger partial charge < -0.3 is 4.74 Å². The second kappa shape index (κ2) is 7.91. The van der Waals surface area contributed by atoms with Crippen molar-refractivity contribution in [2.75, 3.05) is 13.6 Å². The van der Waals surface area contributed by atoms with Gasteiger partial charge >= 0.3 is 12.1 Å². The van der Waals surface area contributed by atoms with Gasteiger partial charge in [-0.05, 0) is 38.8 Å². The Balaban J connectivity index is 2.28. The molecule has 0 fully saturated rings. The third-order valence-electron chi connectivity index (χ3n) is 3.82. The standard InChI is InChI=1S/C19H22N4O4/c1-19(2,3)27-18(26)23(17(25)21(4)12-20)10-9-14-11-22(13-24)16-8-6-5-7-15(14)16/h5-8,11,13H,9-10H2,1-4H3. The average Bonchev–Trinajstić information content (AvgIpc) is 2.97. The van der Waals surface area contributed by atoms with E-state index < -0.39 is 17.7 Å². The molecule has 8 heteroatoms. The number of rotatable bonds is 4. The molecule has 0 radical (unpaired) electrons. The van der Waals surface area contributed by atoms with Crippen LogP contribution < -0.4 is 0 Å². The molecule has 0 saturated carbocycles. The number of hydrogen-bond donors (Lipinski definition) is 0. The summed E-state index contributed by atoms with van der Waals surface area (Å²) in [7, 11) is 1.28. The lowest BCUT2D eigenvalue weighted by Crippen LogP contribution is -2.46. The number of amides is 3. The quantitative estimate of drug-likeness (QED) is 0.468. The number of aromatic nitrogens is 1. The molecular weight excluding hydrogens is 348 g/mol. The van der Waals surface area contributed by atoms with E-state index in [2.05, 4.69) is 0 Å². The lowest BCUT2D eigenvalue weighted by atomic mass is 10.1. The zero-order chi connectivity index (χ0) is 20.2. The van der Waals surface area contributed by atoms with E-state index in [1.54, 1.807) is 33.2 Å². The molecule has 3 amide bonds. The molecule has 142 valence electrons. The Labute approximate surface area is 157 Å². The number of para-hydroxylation sites is 1. The number of carbonyl (C=O) groups is 3. The fraction of sp³-hybridized carbons (Fsp3) is 0.368. The average molecular weight is 370 g/mol. The molecule has 0 aliphatic carbocycles. The van der Waals surface area contributed by atoms with Crippen molar-refractivity contribution in [3.8, 4) is 6.19 Å². The summed E-state index contributed by atoms with van der Waals surface area (Å²) in [5, 5.41) is 9.82. The van der Waals surface area contributed by atoms with Crippen LogP contribution in [-0.2, 0) is 16.0 Å². The minimum absolute atomic E-state index is 0.00658. The number of nitrogens with zero attached hydrogens (tertiary/aromatic N) is 4. The first-order valence-electron chi connectivity index (χ1n) is 8.39. The van der Waals surface area contributed by atoms with Crippen LogP contribution in [0.3, 0.4) is 0 Å². The van der Waals surface area contributed by atoms with Crippen molar-refractivity contribution >= 4 is 29.4 Å². The maximum atomic E-state index is 12.5. The van der Waals surface area contributed by atoms with Crippen LogP contribution in [0.4, 0.5) is 9.59 Å². The summed E-state index contributed by atoms with van der Waals surface area (Å²) in [4.78, 5) is 37.8. The molecule has 0 bridgehead atoms. The third-order valence-corrected chi connectivity index (χ3v) is 3.82. The second-order valence-electron chi connectivity index (χ2n) is 7.01. The summed E-state index contributed by atoms with van der Waals surface area (Å²) in [6.07, 6.45) is 3.54. The Kier molecular flexibility index (Phi) is 5.85. The van der Waals surface area contributed by atoms with Gasteiger partial charge in [0.15, 0.2) is 6.19 Å². The summed E-state index contributed by atoms with van der Waals surface area (Å²) in [6, 6.07) is 6.58. The molecular formula is C19H22N4O4. The van der Waals surface area contributed by atoms with E-state index >= 15 is 0 Å². The monoisotopic (exact) mass is 370 g/mol. The highest BCUT2D eigenvalue weighted by Crippen LogP contribution is 2.21. The van der Waals surface area contributed by atoms with Gasteiger partial charge in [-0.3, -0.25) is 9.36 Å². The summed E-state index contributed by atoms with van der Waals surface area (Å²) >= 11 is 0. The molecule has 0 N–H and O–H groups in total. The van der Waals surface area contributed by atoms with Crippen molar-refractivity contribution in [1.82, 2.24) is 14.4 Å². The van der Waals surface area contributed by atoms with E-state index in [-0.39, 0.29) is 6.54 Å². The molecule has 27 heavy (non-hydrogen) atoms. The Morgan fingerprint density at radius 3 is 2.56 bits per heavy atom. The molecule has 2 aromatic rings. The maximum absolute atomic E-state index is 12.5. The molecule has 1 aromatic heterocycles. The normalized spacial score (nSPS) is 10.9. The van der Waals surface area contributed by atoms with Gasteiger partial charge in [0.1, 0.15) is 5.60 Å². The van der Waals surface area contributed by atoms with Crippen molar-refractivity contribution in [1.29, 1.82) is 5.26 Å². The Bertz CT molecular complexity index is 905. The van der Waals surface area contributed by atoms with Crippen LogP contribution in [0.5, 0.6) is 0 Å². The van der Waals surface area contributed by atoms with Crippen molar-refractivity contribution in [3.05, 3.63) is 36.0 Å². The van der Waals surface area contributed by atoms with Crippen LogP contribution in [0.1, 0.15) is 26.3 Å². The number of fused-ring (bicyclic) bond motifs is 1. The number of urea groups is 1. The molecule has 0 unspecified atom stereocenters. The molecule has 1 heterocycles. The Morgan fingerprint density at radius 1 is 1.30 bits per heavy atom. The summed E-state index contributed by atoms with van der Waals surface area (Å²) in [5.41, 5.74) is 0.763. The minimum atomic E-state index is -0.825. The number of ether oxygens (including phenoxy) is 1. The number of nitriles is 1. The zero-order valence-corrected chi connectivity index (χ0v) is 15.8. The van der Waals surface area contributed by atoms with Gasteiger partial charge in [0.05, 0.1) is 5.52 Å². The van der Waals surface area contributed by atoms with Crippen LogP contribution in [-0.4, -0.2) is 52.1 Å². The number of benzene rings is 1. The molecule has 2 rings (SSSR count). The minimum Gasteiger partial charge on any atom is -0.443 e. The van der Waals surface area contributed by atoms with Gasteiger partial charge in [-0.1, -0.05) is 18.2 Å². The highest BCUT2D eigenvalue weighted by molar-refractivity contribution is 5.92. The topological polar surface area (TPSA) is 95.6 Å². The number of hydrogen-bond acceptors (Lipinski definition) is 5. The Morgan fingerprint density at radius 2 is 1.96 bits per heavy atom. The number of imide groups is 1.